The maximum atomic E-state index is 10.5. The van der Waals surface area contributed by atoms with Crippen LogP contribution in [0.3, 0.4) is 0 Å². The van der Waals surface area contributed by atoms with E-state index in [4.69, 9.17) is 0 Å². The van der Waals surface area contributed by atoms with E-state index < -0.39 is 0 Å². The number of allylic oxidation sites excluding steroid dienone is 1. The molecule has 1 aliphatic heterocycles. The van der Waals surface area contributed by atoms with Gasteiger partial charge in [0.15, 0.2) is 6.29 Å². The fraction of sp³-hybridized carbons (Fsp3) is 0.182. The summed E-state index contributed by atoms with van der Waals surface area (Å²) in [6.45, 7) is 2.72. The lowest BCUT2D eigenvalue weighted by Gasteiger charge is -2.14. The van der Waals surface area contributed by atoms with Crippen LogP contribution in [-0.4, -0.2) is 13.0 Å². The molecule has 0 spiro atoms. The van der Waals surface area contributed by atoms with Gasteiger partial charge in [-0.3, -0.25) is 4.79 Å². The number of anilines is 1. The van der Waals surface area contributed by atoms with Gasteiger partial charge in [-0.2, -0.15) is 0 Å². The average molecular weight is 188 g/mol. The molecule has 1 aliphatic rings. The Morgan fingerprint density at radius 1 is 1.36 bits per heavy atom. The average Bonchev–Trinajstić information content (AvgIpc) is 2.67. The van der Waals surface area contributed by atoms with Crippen molar-refractivity contribution in [2.24, 2.45) is 0 Å². The number of rotatable bonds is 2. The van der Waals surface area contributed by atoms with Crippen LogP contribution in [0.15, 0.2) is 36.2 Å². The van der Waals surface area contributed by atoms with E-state index in [1.54, 1.807) is 0 Å². The van der Waals surface area contributed by atoms with Gasteiger partial charge in [0.1, 0.15) is 0 Å². The number of benzene rings is 1. The molecule has 3 nitrogen and oxygen atoms in total. The molecular formula is C11H12N2O. The summed E-state index contributed by atoms with van der Waals surface area (Å²) in [6, 6.07) is 8.20. The van der Waals surface area contributed by atoms with Gasteiger partial charge in [0.2, 0.25) is 0 Å². The van der Waals surface area contributed by atoms with E-state index in [-0.39, 0.29) is 0 Å². The zero-order chi connectivity index (χ0) is 9.97. The van der Waals surface area contributed by atoms with Gasteiger partial charge >= 0.3 is 0 Å². The van der Waals surface area contributed by atoms with Gasteiger partial charge in [-0.15, -0.1) is 0 Å². The molecule has 0 unspecified atom stereocenters. The Labute approximate surface area is 83.0 Å². The third-order valence-electron chi connectivity index (χ3n) is 2.24. The predicted octanol–water partition coefficient (Wildman–Crippen LogP) is 1.40. The Hall–Kier alpha value is -1.77. The van der Waals surface area contributed by atoms with Crippen LogP contribution in [0.4, 0.5) is 5.69 Å². The zero-order valence-electron chi connectivity index (χ0n) is 8.03. The van der Waals surface area contributed by atoms with E-state index in [2.05, 4.69) is 24.4 Å². The Bertz CT molecular complexity index is 367. The summed E-state index contributed by atoms with van der Waals surface area (Å²) in [5.74, 6) is 0. The van der Waals surface area contributed by atoms with E-state index in [0.29, 0.717) is 12.4 Å². The van der Waals surface area contributed by atoms with Crippen molar-refractivity contribution in [1.82, 2.24) is 5.32 Å². The fourth-order valence-electron chi connectivity index (χ4n) is 1.41. The monoisotopic (exact) mass is 188 g/mol. The standard InChI is InChI=1S/C11H12N2O/c1-9-2-4-11(5-3-9)13-6-10(7-14)12-8-13/h2-7,12H,8H2,1H3. The lowest BCUT2D eigenvalue weighted by atomic mass is 10.2. The van der Waals surface area contributed by atoms with Gasteiger partial charge in [-0.25, -0.2) is 0 Å². The minimum atomic E-state index is 0.630. The number of hydrogen-bond donors (Lipinski definition) is 1. The summed E-state index contributed by atoms with van der Waals surface area (Å²) in [7, 11) is 0. The Morgan fingerprint density at radius 3 is 2.64 bits per heavy atom. The highest BCUT2D eigenvalue weighted by molar-refractivity contribution is 5.75. The highest BCUT2D eigenvalue weighted by Gasteiger charge is 2.11. The van der Waals surface area contributed by atoms with E-state index in [9.17, 15) is 4.79 Å². The van der Waals surface area contributed by atoms with Crippen LogP contribution in [-0.2, 0) is 4.79 Å². The fourth-order valence-corrected chi connectivity index (χ4v) is 1.41. The third-order valence-corrected chi connectivity index (χ3v) is 2.24. The molecule has 0 radical (unpaired) electrons. The topological polar surface area (TPSA) is 32.3 Å². The number of carbonyl (C=O) groups is 1. The quantitative estimate of drug-likeness (QED) is 0.712. The Kier molecular flexibility index (Phi) is 2.23. The maximum absolute atomic E-state index is 10.5. The SMILES string of the molecule is Cc1ccc(N2C=C(C=O)NC2)cc1. The van der Waals surface area contributed by atoms with Crippen LogP contribution < -0.4 is 10.2 Å². The lowest BCUT2D eigenvalue weighted by molar-refractivity contribution is -0.105. The van der Waals surface area contributed by atoms with Crippen molar-refractivity contribution >= 4 is 12.0 Å². The van der Waals surface area contributed by atoms with Crippen molar-refractivity contribution in [3.63, 3.8) is 0 Å². The van der Waals surface area contributed by atoms with Crippen LogP contribution in [0, 0.1) is 6.92 Å². The van der Waals surface area contributed by atoms with E-state index >= 15 is 0 Å². The molecular weight excluding hydrogens is 176 g/mol. The molecule has 0 saturated carbocycles. The summed E-state index contributed by atoms with van der Waals surface area (Å²) in [4.78, 5) is 12.5. The second-order valence-electron chi connectivity index (χ2n) is 3.34. The predicted molar refractivity (Wildman–Crippen MR) is 55.8 cm³/mol. The van der Waals surface area contributed by atoms with Gasteiger partial charge in [0.05, 0.1) is 12.4 Å². The van der Waals surface area contributed by atoms with Crippen LogP contribution >= 0.6 is 0 Å². The smallest absolute Gasteiger partial charge is 0.167 e. The molecule has 72 valence electrons. The van der Waals surface area contributed by atoms with Gasteiger partial charge in [-0.05, 0) is 19.1 Å². The van der Waals surface area contributed by atoms with Crippen molar-refractivity contribution in [1.29, 1.82) is 0 Å². The summed E-state index contributed by atoms with van der Waals surface area (Å²) >= 11 is 0. The second kappa shape index (κ2) is 3.54. The van der Waals surface area contributed by atoms with Gasteiger partial charge in [0, 0.05) is 11.9 Å². The lowest BCUT2D eigenvalue weighted by Crippen LogP contribution is -2.20. The number of aryl methyl sites for hydroxylation is 1. The van der Waals surface area contributed by atoms with Crippen molar-refractivity contribution in [2.45, 2.75) is 6.92 Å². The molecule has 0 fully saturated rings. The third kappa shape index (κ3) is 1.62. The van der Waals surface area contributed by atoms with Crippen LogP contribution in [0.25, 0.3) is 0 Å². The van der Waals surface area contributed by atoms with Gasteiger partial charge in [-0.1, -0.05) is 17.7 Å². The normalized spacial score (nSPS) is 14.9. The molecule has 0 atom stereocenters. The number of nitrogens with zero attached hydrogens (tertiary/aromatic N) is 1. The zero-order valence-corrected chi connectivity index (χ0v) is 8.03. The molecule has 0 aromatic heterocycles. The summed E-state index contributed by atoms with van der Waals surface area (Å²) in [6.07, 6.45) is 2.64. The molecule has 2 rings (SSSR count). The largest absolute Gasteiger partial charge is 0.364 e. The molecule has 1 heterocycles. The molecule has 0 bridgehead atoms. The summed E-state index contributed by atoms with van der Waals surface area (Å²) < 4.78 is 0. The molecule has 0 amide bonds. The van der Waals surface area contributed by atoms with Gasteiger partial charge in [0.25, 0.3) is 0 Å². The number of aldehydes is 1. The van der Waals surface area contributed by atoms with Gasteiger partial charge < -0.3 is 10.2 Å². The summed E-state index contributed by atoms with van der Waals surface area (Å²) in [5, 5.41) is 2.99. The van der Waals surface area contributed by atoms with Crippen LogP contribution in [0.5, 0.6) is 0 Å². The minimum absolute atomic E-state index is 0.630. The molecule has 0 saturated heterocycles. The molecule has 3 heteroatoms. The van der Waals surface area contributed by atoms with Crippen molar-refractivity contribution in [3.05, 3.63) is 41.7 Å². The molecule has 1 N–H and O–H groups in total. The Morgan fingerprint density at radius 2 is 2.07 bits per heavy atom. The minimum Gasteiger partial charge on any atom is -0.364 e. The van der Waals surface area contributed by atoms with Crippen molar-refractivity contribution in [2.75, 3.05) is 11.6 Å². The number of nitrogens with one attached hydrogen (secondary N) is 1. The second-order valence-corrected chi connectivity index (χ2v) is 3.34. The maximum Gasteiger partial charge on any atom is 0.167 e. The molecule has 1 aromatic rings. The molecule has 14 heavy (non-hydrogen) atoms. The first-order chi connectivity index (χ1) is 6.79. The highest BCUT2D eigenvalue weighted by atomic mass is 16.1. The summed E-state index contributed by atoms with van der Waals surface area (Å²) in [5.41, 5.74) is 2.96. The Balaban J connectivity index is 2.21. The van der Waals surface area contributed by atoms with Crippen LogP contribution in [0.1, 0.15) is 5.56 Å². The number of carbonyl (C=O) groups excluding carboxylic acids is 1. The van der Waals surface area contributed by atoms with Crippen molar-refractivity contribution in [3.8, 4) is 0 Å². The number of hydrogen-bond acceptors (Lipinski definition) is 3. The highest BCUT2D eigenvalue weighted by Crippen LogP contribution is 2.17. The van der Waals surface area contributed by atoms with E-state index in [0.717, 1.165) is 12.0 Å². The van der Waals surface area contributed by atoms with Crippen LogP contribution in [0.2, 0.25) is 0 Å². The first-order valence-electron chi connectivity index (χ1n) is 4.54. The first-order valence-corrected chi connectivity index (χ1v) is 4.54. The molecule has 0 aliphatic carbocycles. The first kappa shape index (κ1) is 8.81. The molecule has 1 aromatic carbocycles. The van der Waals surface area contributed by atoms with Crippen molar-refractivity contribution < 1.29 is 4.79 Å². The van der Waals surface area contributed by atoms with E-state index in [1.165, 1.54) is 5.56 Å². The van der Waals surface area contributed by atoms with E-state index in [1.807, 2.05) is 23.2 Å².